The van der Waals surface area contributed by atoms with Gasteiger partial charge in [0.05, 0.1) is 0 Å². The Kier molecular flexibility index (Phi) is 5.26. The maximum absolute atomic E-state index is 6.53. The van der Waals surface area contributed by atoms with Crippen LogP contribution in [0, 0.1) is 0 Å². The number of nitrogens with zero attached hydrogens (tertiary/aromatic N) is 7. The van der Waals surface area contributed by atoms with Crippen molar-refractivity contribution in [1.82, 2.24) is 15.0 Å². The van der Waals surface area contributed by atoms with E-state index in [0.29, 0.717) is 5.02 Å². The zero-order valence-corrected chi connectivity index (χ0v) is 19.7. The van der Waals surface area contributed by atoms with Gasteiger partial charge in [-0.05, 0) is 54.6 Å². The molecule has 0 spiro atoms. The third kappa shape index (κ3) is 3.91. The third-order valence-corrected chi connectivity index (χ3v) is 6.08. The van der Waals surface area contributed by atoms with Crippen LogP contribution in [-0.4, -0.2) is 43.1 Å². The number of pyridine rings is 3. The molecule has 166 valence electrons. The minimum atomic E-state index is 0.642. The molecule has 1 aromatic carbocycles. The van der Waals surface area contributed by atoms with Crippen LogP contribution in [0.15, 0.2) is 72.8 Å². The number of rotatable bonds is 0. The van der Waals surface area contributed by atoms with Crippen LogP contribution in [-0.2, 0) is 0 Å². The Hall–Kier alpha value is -3.84. The van der Waals surface area contributed by atoms with Gasteiger partial charge >= 0.3 is 0 Å². The topological polar surface area (TPSA) is 51.6 Å². The molecule has 0 amide bonds. The molecule has 0 fully saturated rings. The number of fused-ring (bicyclic) bond motifs is 8. The van der Waals surface area contributed by atoms with Gasteiger partial charge < -0.3 is 19.6 Å². The summed E-state index contributed by atoms with van der Waals surface area (Å²) in [4.78, 5) is 22.6. The Balaban J connectivity index is 1.73. The highest BCUT2D eigenvalue weighted by Crippen LogP contribution is 2.35. The van der Waals surface area contributed by atoms with Gasteiger partial charge in [0.1, 0.15) is 34.9 Å². The Morgan fingerprint density at radius 3 is 1.12 bits per heavy atom. The van der Waals surface area contributed by atoms with E-state index in [1.54, 1.807) is 0 Å². The average molecular weight is 458 g/mol. The van der Waals surface area contributed by atoms with Crippen molar-refractivity contribution < 1.29 is 0 Å². The van der Waals surface area contributed by atoms with E-state index in [4.69, 9.17) is 26.6 Å². The van der Waals surface area contributed by atoms with Crippen LogP contribution in [0.25, 0.3) is 0 Å². The van der Waals surface area contributed by atoms with Crippen molar-refractivity contribution in [3.8, 4) is 0 Å². The first-order valence-corrected chi connectivity index (χ1v) is 11.0. The first-order chi connectivity index (χ1) is 15.9. The molecule has 0 unspecified atom stereocenters. The molecule has 5 rings (SSSR count). The minimum absolute atomic E-state index is 0.642. The number of anilines is 8. The summed E-state index contributed by atoms with van der Waals surface area (Å²) in [5.41, 5.74) is 1.86. The lowest BCUT2D eigenvalue weighted by Crippen LogP contribution is -2.20. The first-order valence-electron chi connectivity index (χ1n) is 10.6. The summed E-state index contributed by atoms with van der Waals surface area (Å²) >= 11 is 6.53. The van der Waals surface area contributed by atoms with Crippen molar-refractivity contribution in [3.05, 3.63) is 77.8 Å². The van der Waals surface area contributed by atoms with E-state index < -0.39 is 0 Å². The van der Waals surface area contributed by atoms with Gasteiger partial charge in [0.15, 0.2) is 0 Å². The van der Waals surface area contributed by atoms with Crippen LogP contribution in [0.2, 0.25) is 5.02 Å². The molecule has 0 atom stereocenters. The van der Waals surface area contributed by atoms with E-state index in [2.05, 4.69) is 6.07 Å². The largest absolute Gasteiger partial charge is 0.329 e. The monoisotopic (exact) mass is 457 g/mol. The van der Waals surface area contributed by atoms with E-state index in [-0.39, 0.29) is 0 Å². The van der Waals surface area contributed by atoms with Crippen molar-refractivity contribution in [2.24, 2.45) is 0 Å². The zero-order chi connectivity index (χ0) is 23.1. The summed E-state index contributed by atoms with van der Waals surface area (Å²) in [7, 11) is 7.90. The molecular formula is C25H24ClN7. The molecule has 7 nitrogen and oxygen atoms in total. The molecule has 0 N–H and O–H groups in total. The molecule has 0 saturated carbocycles. The Labute approximate surface area is 198 Å². The summed E-state index contributed by atoms with van der Waals surface area (Å²) in [5, 5.41) is 0.642. The van der Waals surface area contributed by atoms with Gasteiger partial charge in [-0.15, -0.1) is 0 Å². The van der Waals surface area contributed by atoms with Gasteiger partial charge in [0.2, 0.25) is 0 Å². The van der Waals surface area contributed by atoms with Crippen molar-refractivity contribution in [3.63, 3.8) is 0 Å². The SMILES string of the molecule is CN1c2cc(Cl)cc(c2)N(C)c2cccc(n2)N(C)c2cccc(n2)N(C)c2cccc1n2. The van der Waals surface area contributed by atoms with Crippen molar-refractivity contribution >= 4 is 57.9 Å². The Morgan fingerprint density at radius 2 is 0.788 bits per heavy atom. The Morgan fingerprint density at radius 1 is 0.485 bits per heavy atom. The molecule has 1 aliphatic heterocycles. The second-order valence-corrected chi connectivity index (χ2v) is 8.40. The van der Waals surface area contributed by atoms with Gasteiger partial charge in [-0.25, -0.2) is 15.0 Å². The summed E-state index contributed by atoms with van der Waals surface area (Å²) < 4.78 is 0. The number of benzene rings is 1. The smallest absolute Gasteiger partial charge is 0.136 e. The first kappa shape index (κ1) is 21.0. The van der Waals surface area contributed by atoms with Crippen LogP contribution in [0.5, 0.6) is 0 Å². The fraction of sp³-hybridized carbons (Fsp3) is 0.160. The molecular weight excluding hydrogens is 434 g/mol. The summed E-state index contributed by atoms with van der Waals surface area (Å²) in [6.07, 6.45) is 0. The van der Waals surface area contributed by atoms with Crippen LogP contribution < -0.4 is 19.6 Å². The van der Waals surface area contributed by atoms with Crippen LogP contribution in [0.4, 0.5) is 46.3 Å². The number of aromatic nitrogens is 3. The molecule has 3 aromatic heterocycles. The molecule has 1 aliphatic rings. The number of hydrogen-bond acceptors (Lipinski definition) is 7. The second kappa shape index (κ2) is 8.26. The van der Waals surface area contributed by atoms with E-state index >= 15 is 0 Å². The highest BCUT2D eigenvalue weighted by molar-refractivity contribution is 6.31. The fourth-order valence-electron chi connectivity index (χ4n) is 3.80. The highest BCUT2D eigenvalue weighted by Gasteiger charge is 2.17. The molecule has 4 aromatic rings. The van der Waals surface area contributed by atoms with Crippen LogP contribution >= 0.6 is 11.6 Å². The minimum Gasteiger partial charge on any atom is -0.329 e. The molecule has 0 radical (unpaired) electrons. The lowest BCUT2D eigenvalue weighted by molar-refractivity contribution is 1.02. The predicted octanol–water partition coefficient (Wildman–Crippen LogP) is 5.91. The maximum atomic E-state index is 6.53. The molecule has 0 saturated heterocycles. The number of halogens is 1. The maximum Gasteiger partial charge on any atom is 0.136 e. The van der Waals surface area contributed by atoms with Crippen molar-refractivity contribution in [2.75, 3.05) is 47.8 Å². The van der Waals surface area contributed by atoms with Crippen molar-refractivity contribution in [1.29, 1.82) is 0 Å². The van der Waals surface area contributed by atoms with Gasteiger partial charge in [-0.1, -0.05) is 29.8 Å². The average Bonchev–Trinajstić information content (AvgIpc) is 2.86. The summed E-state index contributed by atoms with van der Waals surface area (Å²) in [6.45, 7) is 0. The third-order valence-electron chi connectivity index (χ3n) is 5.86. The second-order valence-electron chi connectivity index (χ2n) is 7.97. The molecule has 0 aliphatic carbocycles. The lowest BCUT2D eigenvalue weighted by Gasteiger charge is -2.26. The fourth-order valence-corrected chi connectivity index (χ4v) is 4.03. The molecule has 33 heavy (non-hydrogen) atoms. The van der Waals surface area contributed by atoms with E-state index in [1.165, 1.54) is 0 Å². The van der Waals surface area contributed by atoms with E-state index in [9.17, 15) is 0 Å². The quantitative estimate of drug-likeness (QED) is 0.325. The van der Waals surface area contributed by atoms with E-state index in [1.807, 2.05) is 115 Å². The van der Waals surface area contributed by atoms with Gasteiger partial charge in [0, 0.05) is 44.6 Å². The lowest BCUT2D eigenvalue weighted by atomic mass is 10.2. The normalized spacial score (nSPS) is 13.4. The van der Waals surface area contributed by atoms with E-state index in [0.717, 1.165) is 46.3 Å². The van der Waals surface area contributed by atoms with Crippen molar-refractivity contribution in [2.45, 2.75) is 0 Å². The molecule has 4 heterocycles. The highest BCUT2D eigenvalue weighted by atomic mass is 35.5. The number of hydrogen-bond donors (Lipinski definition) is 0. The van der Waals surface area contributed by atoms with Crippen LogP contribution in [0.3, 0.4) is 0 Å². The van der Waals surface area contributed by atoms with Gasteiger partial charge in [0.25, 0.3) is 0 Å². The summed E-state index contributed by atoms with van der Waals surface area (Å²) in [6, 6.07) is 23.8. The Bertz CT molecular complexity index is 1230. The van der Waals surface area contributed by atoms with Gasteiger partial charge in [-0.2, -0.15) is 0 Å². The zero-order valence-electron chi connectivity index (χ0n) is 18.9. The predicted molar refractivity (Wildman–Crippen MR) is 136 cm³/mol. The van der Waals surface area contributed by atoms with Gasteiger partial charge in [-0.3, -0.25) is 0 Å². The summed E-state index contributed by atoms with van der Waals surface area (Å²) in [5.74, 6) is 4.76. The van der Waals surface area contributed by atoms with Crippen LogP contribution in [0.1, 0.15) is 0 Å². The molecule has 8 bridgehead atoms. The molecule has 8 heteroatoms. The standard InChI is InChI=1S/C25H24ClN7/c1-30-18-14-17(26)15-19(16-18)31(2)21-9-6-11-23(28-21)33(4)25-13-7-12-24(29-25)32(3)22-10-5-8-20(30)27-22/h5-16H,1-4H3.